The maximum Gasteiger partial charge on any atom is 0.404 e. The van der Waals surface area contributed by atoms with Crippen molar-refractivity contribution in [2.75, 3.05) is 19.7 Å². The summed E-state index contributed by atoms with van der Waals surface area (Å²) >= 11 is 13.3. The van der Waals surface area contributed by atoms with Gasteiger partial charge in [-0.15, -0.1) is 11.3 Å². The zero-order valence-corrected chi connectivity index (χ0v) is 22.1. The Labute approximate surface area is 214 Å². The molecule has 0 aliphatic rings. The van der Waals surface area contributed by atoms with E-state index in [2.05, 4.69) is 4.98 Å². The van der Waals surface area contributed by atoms with Gasteiger partial charge in [-0.05, 0) is 33.8 Å². The molecule has 1 atom stereocenters. The van der Waals surface area contributed by atoms with Crippen molar-refractivity contribution >= 4 is 56.4 Å². The van der Waals surface area contributed by atoms with Crippen LogP contribution in [0.3, 0.4) is 0 Å². The van der Waals surface area contributed by atoms with Crippen molar-refractivity contribution in [3.8, 4) is 10.4 Å². The third-order valence-corrected chi connectivity index (χ3v) is 8.38. The topological polar surface area (TPSA) is 106 Å². The molecule has 1 N–H and O–H groups in total. The van der Waals surface area contributed by atoms with E-state index in [0.29, 0.717) is 20.0 Å². The number of rotatable bonds is 9. The first-order valence-electron chi connectivity index (χ1n) is 10.2. The average Bonchev–Trinajstić information content (AvgIpc) is 3.20. The molecular weight excluding hydrogens is 554 g/mol. The highest BCUT2D eigenvalue weighted by molar-refractivity contribution is 7.89. The molecule has 0 spiro atoms. The molecule has 1 amide bonds. The summed E-state index contributed by atoms with van der Waals surface area (Å²) in [6, 6.07) is -0.235. The van der Waals surface area contributed by atoms with Gasteiger partial charge in [-0.2, -0.15) is 17.9 Å². The molecule has 0 aliphatic carbocycles. The van der Waals surface area contributed by atoms with Gasteiger partial charge in [-0.1, -0.05) is 29.3 Å². The lowest BCUT2D eigenvalue weighted by molar-refractivity contribution is -0.147. The van der Waals surface area contributed by atoms with Gasteiger partial charge in [-0.3, -0.25) is 4.79 Å². The van der Waals surface area contributed by atoms with Crippen LogP contribution in [0.1, 0.15) is 48.0 Å². The van der Waals surface area contributed by atoms with E-state index in [1.54, 1.807) is 20.8 Å². The van der Waals surface area contributed by atoms with Gasteiger partial charge in [0, 0.05) is 18.7 Å². The van der Waals surface area contributed by atoms with Crippen LogP contribution in [0.4, 0.5) is 13.2 Å². The smallest absolute Gasteiger partial charge is 0.404 e. The molecule has 8 nitrogen and oxygen atoms in total. The molecule has 15 heteroatoms. The van der Waals surface area contributed by atoms with E-state index in [9.17, 15) is 31.2 Å². The van der Waals surface area contributed by atoms with Gasteiger partial charge in [-0.25, -0.2) is 18.2 Å². The van der Waals surface area contributed by atoms with Crippen LogP contribution in [0.5, 0.6) is 0 Å². The summed E-state index contributed by atoms with van der Waals surface area (Å²) in [7, 11) is -4.71. The van der Waals surface area contributed by atoms with Crippen LogP contribution in [0.2, 0.25) is 10.0 Å². The zero-order valence-electron chi connectivity index (χ0n) is 19.0. The molecule has 194 valence electrons. The third-order valence-electron chi connectivity index (χ3n) is 4.73. The van der Waals surface area contributed by atoms with Crippen LogP contribution in [0, 0.1) is 0 Å². The maximum atomic E-state index is 13.1. The number of sulfonamides is 1. The SMILES string of the molecule is CCOC(=O)c1nc(C(=O)N(CC)CC)c(-c2ccc(S(=O)(=O)N[C@@H](C)C(F)(F)F)c(Cl)c2Cl)s1. The molecule has 1 heterocycles. The lowest BCUT2D eigenvalue weighted by Crippen LogP contribution is -2.43. The van der Waals surface area contributed by atoms with E-state index >= 15 is 0 Å². The van der Waals surface area contributed by atoms with Gasteiger partial charge >= 0.3 is 12.1 Å². The fourth-order valence-corrected chi connectivity index (χ4v) is 6.00. The van der Waals surface area contributed by atoms with Crippen molar-refractivity contribution in [1.29, 1.82) is 0 Å². The molecule has 1 aromatic carbocycles. The largest absolute Gasteiger partial charge is 0.461 e. The van der Waals surface area contributed by atoms with Gasteiger partial charge in [0.15, 0.2) is 0 Å². The Balaban J connectivity index is 2.65. The summed E-state index contributed by atoms with van der Waals surface area (Å²) in [5.74, 6) is -1.29. The first-order chi connectivity index (χ1) is 16.2. The molecule has 2 rings (SSSR count). The highest BCUT2D eigenvalue weighted by Gasteiger charge is 2.39. The molecule has 1 aromatic heterocycles. The van der Waals surface area contributed by atoms with E-state index in [0.717, 1.165) is 17.4 Å². The molecule has 0 saturated heterocycles. The number of aromatic nitrogens is 1. The van der Waals surface area contributed by atoms with Crippen LogP contribution in [-0.2, 0) is 14.8 Å². The lowest BCUT2D eigenvalue weighted by Gasteiger charge is -2.19. The van der Waals surface area contributed by atoms with Crippen LogP contribution in [0.15, 0.2) is 17.0 Å². The number of hydrogen-bond acceptors (Lipinski definition) is 7. The number of halogens is 5. The molecule has 0 bridgehead atoms. The summed E-state index contributed by atoms with van der Waals surface area (Å²) in [5, 5.41) is -1.04. The Bertz CT molecular complexity index is 1220. The van der Waals surface area contributed by atoms with Gasteiger partial charge in [0.1, 0.15) is 16.6 Å². The predicted octanol–water partition coefficient (Wildman–Crippen LogP) is 5.00. The number of amides is 1. The standard InChI is InChI=1S/C20H22Cl2F3N3O5S2/c1-5-28(6-2)18(29)15-16(34-17(26-15)19(30)33-7-3)11-8-9-12(14(22)13(11)21)35(31,32)27-10(4)20(23,24)25/h8-10,27H,5-7H2,1-4H3/t10-/m0/s1. The number of esters is 1. The lowest BCUT2D eigenvalue weighted by atomic mass is 10.1. The molecular formula is C20H22Cl2F3N3O5S2. The minimum absolute atomic E-state index is 0.0650. The van der Waals surface area contributed by atoms with Crippen molar-refractivity contribution in [1.82, 2.24) is 14.6 Å². The van der Waals surface area contributed by atoms with E-state index in [4.69, 9.17) is 27.9 Å². The Hall–Kier alpha value is -1.93. The Morgan fingerprint density at radius 1 is 1.17 bits per heavy atom. The van der Waals surface area contributed by atoms with Crippen molar-refractivity contribution in [3.05, 3.63) is 32.9 Å². The highest BCUT2D eigenvalue weighted by atomic mass is 35.5. The summed E-state index contributed by atoms with van der Waals surface area (Å²) in [4.78, 5) is 30.3. The second-order valence-corrected chi connectivity index (χ2v) is 10.5. The Kier molecular flexibility index (Phi) is 9.56. The molecule has 0 fully saturated rings. The average molecular weight is 576 g/mol. The van der Waals surface area contributed by atoms with Crippen LogP contribution >= 0.6 is 34.5 Å². The van der Waals surface area contributed by atoms with Gasteiger partial charge < -0.3 is 9.64 Å². The minimum Gasteiger partial charge on any atom is -0.461 e. The number of alkyl halides is 3. The molecule has 0 aliphatic heterocycles. The molecule has 0 radical (unpaired) electrons. The van der Waals surface area contributed by atoms with Gasteiger partial charge in [0.05, 0.1) is 21.5 Å². The van der Waals surface area contributed by atoms with E-state index in [1.807, 2.05) is 0 Å². The fraction of sp³-hybridized carbons (Fsp3) is 0.450. The van der Waals surface area contributed by atoms with Crippen molar-refractivity contribution in [3.63, 3.8) is 0 Å². The van der Waals surface area contributed by atoms with E-state index < -0.39 is 44.0 Å². The van der Waals surface area contributed by atoms with Crippen LogP contribution in [-0.4, -0.2) is 62.1 Å². The Morgan fingerprint density at radius 3 is 2.29 bits per heavy atom. The first kappa shape index (κ1) is 29.3. The third kappa shape index (κ3) is 6.45. The molecule has 0 unspecified atom stereocenters. The van der Waals surface area contributed by atoms with Gasteiger partial charge in [0.25, 0.3) is 5.91 Å². The van der Waals surface area contributed by atoms with Gasteiger partial charge in [0.2, 0.25) is 15.0 Å². The normalized spacial score (nSPS) is 12.9. The van der Waals surface area contributed by atoms with Crippen molar-refractivity contribution in [2.24, 2.45) is 0 Å². The second kappa shape index (κ2) is 11.4. The van der Waals surface area contributed by atoms with Crippen molar-refractivity contribution in [2.45, 2.75) is 44.8 Å². The predicted molar refractivity (Wildman–Crippen MR) is 127 cm³/mol. The minimum atomic E-state index is -4.82. The molecule has 2 aromatic rings. The van der Waals surface area contributed by atoms with E-state index in [-0.39, 0.29) is 32.8 Å². The maximum absolute atomic E-state index is 13.1. The number of nitrogens with one attached hydrogen (secondary N) is 1. The number of carbonyl (C=O) groups is 2. The molecule has 0 saturated carbocycles. The number of carbonyl (C=O) groups excluding carboxylic acids is 2. The van der Waals surface area contributed by atoms with Crippen LogP contribution < -0.4 is 4.72 Å². The summed E-state index contributed by atoms with van der Waals surface area (Å²) in [6.07, 6.45) is -4.82. The zero-order chi connectivity index (χ0) is 26.7. The summed E-state index contributed by atoms with van der Waals surface area (Å²) in [6.45, 7) is 6.48. The monoisotopic (exact) mass is 575 g/mol. The number of ether oxygens (including phenoxy) is 1. The quantitative estimate of drug-likeness (QED) is 0.421. The summed E-state index contributed by atoms with van der Waals surface area (Å²) in [5.41, 5.74) is -0.0535. The summed E-state index contributed by atoms with van der Waals surface area (Å²) < 4.78 is 70.1. The molecule has 35 heavy (non-hydrogen) atoms. The number of benzene rings is 1. The van der Waals surface area contributed by atoms with Crippen LogP contribution in [0.25, 0.3) is 10.4 Å². The van der Waals surface area contributed by atoms with E-state index in [1.165, 1.54) is 15.7 Å². The first-order valence-corrected chi connectivity index (χ1v) is 13.3. The number of thiazole rings is 1. The van der Waals surface area contributed by atoms with Crippen molar-refractivity contribution < 1.29 is 35.9 Å². The Morgan fingerprint density at radius 2 is 1.77 bits per heavy atom. The number of hydrogen-bond donors (Lipinski definition) is 1. The number of nitrogens with zero attached hydrogens (tertiary/aromatic N) is 2. The second-order valence-electron chi connectivity index (χ2n) is 7.02. The highest BCUT2D eigenvalue weighted by Crippen LogP contribution is 2.42. The fourth-order valence-electron chi connectivity index (χ4n) is 2.87.